The molecular formula is C24H26N4O2. The Balaban J connectivity index is 1.48. The highest BCUT2D eigenvalue weighted by atomic mass is 16.2. The summed E-state index contributed by atoms with van der Waals surface area (Å²) in [6.45, 7) is 4.52. The Labute approximate surface area is 176 Å². The maximum Gasteiger partial charge on any atom is 0.249 e. The molecule has 6 heteroatoms. The van der Waals surface area contributed by atoms with Crippen molar-refractivity contribution in [1.29, 1.82) is 0 Å². The lowest BCUT2D eigenvalue weighted by Crippen LogP contribution is -2.31. The Kier molecular flexibility index (Phi) is 7.16. The van der Waals surface area contributed by atoms with E-state index in [2.05, 4.69) is 20.4 Å². The van der Waals surface area contributed by atoms with E-state index in [1.54, 1.807) is 6.21 Å². The van der Waals surface area contributed by atoms with Gasteiger partial charge in [-0.3, -0.25) is 9.59 Å². The number of nitrogens with zero attached hydrogens (tertiary/aromatic N) is 2. The maximum atomic E-state index is 12.0. The van der Waals surface area contributed by atoms with Crippen LogP contribution in [0.5, 0.6) is 0 Å². The number of carbonyl (C=O) groups excluding carboxylic acids is 2. The van der Waals surface area contributed by atoms with Crippen molar-refractivity contribution >= 4 is 18.0 Å². The molecule has 0 saturated carbocycles. The number of aromatic nitrogens is 1. The number of aryl methyl sites for hydroxylation is 1. The van der Waals surface area contributed by atoms with E-state index in [0.29, 0.717) is 6.54 Å². The number of hydrazone groups is 1. The van der Waals surface area contributed by atoms with Gasteiger partial charge in [-0.05, 0) is 44.0 Å². The van der Waals surface area contributed by atoms with Gasteiger partial charge in [0, 0.05) is 29.2 Å². The summed E-state index contributed by atoms with van der Waals surface area (Å²) in [5.74, 6) is -0.763. The van der Waals surface area contributed by atoms with E-state index in [1.165, 1.54) is 0 Å². The molecule has 0 aliphatic rings. The molecule has 6 nitrogen and oxygen atoms in total. The van der Waals surface area contributed by atoms with Gasteiger partial charge in [-0.25, -0.2) is 5.43 Å². The third-order valence-electron chi connectivity index (χ3n) is 4.78. The summed E-state index contributed by atoms with van der Waals surface area (Å²) in [5, 5.41) is 6.77. The second-order valence-corrected chi connectivity index (χ2v) is 7.05. The van der Waals surface area contributed by atoms with Crippen LogP contribution in [0.2, 0.25) is 0 Å². The molecule has 0 atom stereocenters. The van der Waals surface area contributed by atoms with E-state index in [4.69, 9.17) is 0 Å². The van der Waals surface area contributed by atoms with Gasteiger partial charge in [-0.1, -0.05) is 48.5 Å². The van der Waals surface area contributed by atoms with Gasteiger partial charge in [0.2, 0.25) is 11.8 Å². The lowest BCUT2D eigenvalue weighted by molar-refractivity contribution is -0.129. The maximum absolute atomic E-state index is 12.0. The van der Waals surface area contributed by atoms with Gasteiger partial charge in [0.25, 0.3) is 0 Å². The van der Waals surface area contributed by atoms with Crippen molar-refractivity contribution in [3.8, 4) is 5.69 Å². The number of hydrogen-bond acceptors (Lipinski definition) is 3. The molecule has 0 aliphatic heterocycles. The standard InChI is InChI=1S/C24H26N4O2/c1-18-15-21(19(2)28(18)22-11-7-4-8-12-22)17-26-27-24(30)16-23(29)25-14-13-20-9-5-3-6-10-20/h3-12,15,17H,13-14,16H2,1-2H3,(H,25,29)(H,27,30)/b26-17+. The summed E-state index contributed by atoms with van der Waals surface area (Å²) < 4.78 is 2.13. The first-order chi connectivity index (χ1) is 14.5. The van der Waals surface area contributed by atoms with Gasteiger partial charge in [-0.15, -0.1) is 0 Å². The lowest BCUT2D eigenvalue weighted by Gasteiger charge is -2.09. The second-order valence-electron chi connectivity index (χ2n) is 7.05. The van der Waals surface area contributed by atoms with Crippen LogP contribution >= 0.6 is 0 Å². The summed E-state index contributed by atoms with van der Waals surface area (Å²) in [4.78, 5) is 23.9. The first-order valence-corrected chi connectivity index (χ1v) is 9.91. The minimum atomic E-state index is -0.444. The number of hydrogen-bond donors (Lipinski definition) is 2. The number of benzene rings is 2. The van der Waals surface area contributed by atoms with Gasteiger partial charge in [0.15, 0.2) is 0 Å². The zero-order chi connectivity index (χ0) is 21.3. The summed E-state index contributed by atoms with van der Waals surface area (Å²) >= 11 is 0. The average Bonchev–Trinajstić information content (AvgIpc) is 3.02. The molecule has 1 heterocycles. The summed E-state index contributed by atoms with van der Waals surface area (Å²) in [5.41, 5.74) is 7.64. The molecule has 3 aromatic rings. The van der Waals surface area contributed by atoms with E-state index < -0.39 is 5.91 Å². The van der Waals surface area contributed by atoms with Crippen molar-refractivity contribution in [2.75, 3.05) is 6.54 Å². The van der Waals surface area contributed by atoms with E-state index in [1.807, 2.05) is 80.6 Å². The Morgan fingerprint density at radius 3 is 2.33 bits per heavy atom. The molecule has 0 fully saturated rings. The van der Waals surface area contributed by atoms with Crippen molar-refractivity contribution in [2.45, 2.75) is 26.7 Å². The molecule has 0 aliphatic carbocycles. The number of nitrogens with one attached hydrogen (secondary N) is 2. The van der Waals surface area contributed by atoms with Crippen LogP contribution in [-0.2, 0) is 16.0 Å². The Hall–Kier alpha value is -3.67. The van der Waals surface area contributed by atoms with Gasteiger partial charge in [0.1, 0.15) is 6.42 Å². The Morgan fingerprint density at radius 2 is 1.63 bits per heavy atom. The topological polar surface area (TPSA) is 75.5 Å². The molecular weight excluding hydrogens is 376 g/mol. The van der Waals surface area contributed by atoms with Crippen LogP contribution < -0.4 is 10.7 Å². The van der Waals surface area contributed by atoms with Crippen molar-refractivity contribution < 1.29 is 9.59 Å². The van der Waals surface area contributed by atoms with Gasteiger partial charge < -0.3 is 9.88 Å². The molecule has 0 spiro atoms. The van der Waals surface area contributed by atoms with E-state index in [-0.39, 0.29) is 12.3 Å². The van der Waals surface area contributed by atoms with Crippen molar-refractivity contribution in [1.82, 2.24) is 15.3 Å². The number of carbonyl (C=O) groups is 2. The fraction of sp³-hybridized carbons (Fsp3) is 0.208. The molecule has 3 rings (SSSR count). The van der Waals surface area contributed by atoms with E-state index in [9.17, 15) is 9.59 Å². The second kappa shape index (κ2) is 10.2. The zero-order valence-electron chi connectivity index (χ0n) is 17.3. The first-order valence-electron chi connectivity index (χ1n) is 9.91. The molecule has 0 unspecified atom stereocenters. The van der Waals surface area contributed by atoms with Crippen LogP contribution in [-0.4, -0.2) is 29.1 Å². The summed E-state index contributed by atoms with van der Waals surface area (Å²) in [6.07, 6.45) is 2.07. The highest BCUT2D eigenvalue weighted by Crippen LogP contribution is 2.19. The van der Waals surface area contributed by atoms with Crippen LogP contribution in [0.3, 0.4) is 0 Å². The normalized spacial score (nSPS) is 10.9. The molecule has 2 amide bonds. The average molecular weight is 402 g/mol. The molecule has 2 aromatic carbocycles. The molecule has 0 radical (unpaired) electrons. The van der Waals surface area contributed by atoms with Gasteiger partial charge in [-0.2, -0.15) is 5.10 Å². The van der Waals surface area contributed by atoms with Gasteiger partial charge in [0.05, 0.1) is 6.21 Å². The predicted octanol–water partition coefficient (Wildman–Crippen LogP) is 3.29. The molecule has 2 N–H and O–H groups in total. The van der Waals surface area contributed by atoms with Gasteiger partial charge >= 0.3 is 0 Å². The largest absolute Gasteiger partial charge is 0.355 e. The molecule has 30 heavy (non-hydrogen) atoms. The minimum Gasteiger partial charge on any atom is -0.355 e. The third kappa shape index (κ3) is 5.67. The smallest absolute Gasteiger partial charge is 0.249 e. The molecule has 0 saturated heterocycles. The van der Waals surface area contributed by atoms with Crippen LogP contribution in [0.25, 0.3) is 5.69 Å². The molecule has 0 bridgehead atoms. The SMILES string of the molecule is Cc1cc(/C=N/NC(=O)CC(=O)NCCc2ccccc2)c(C)n1-c1ccccc1. The third-order valence-corrected chi connectivity index (χ3v) is 4.78. The van der Waals surface area contributed by atoms with Crippen LogP contribution in [0.15, 0.2) is 71.8 Å². The number of amides is 2. The van der Waals surface area contributed by atoms with E-state index in [0.717, 1.165) is 34.6 Å². The molecule has 154 valence electrons. The van der Waals surface area contributed by atoms with Crippen molar-refractivity contribution in [3.05, 3.63) is 89.2 Å². The van der Waals surface area contributed by atoms with E-state index >= 15 is 0 Å². The number of rotatable bonds is 8. The predicted molar refractivity (Wildman–Crippen MR) is 119 cm³/mol. The minimum absolute atomic E-state index is 0.255. The Bertz CT molecular complexity index is 1020. The first kappa shape index (κ1) is 21.0. The highest BCUT2D eigenvalue weighted by molar-refractivity contribution is 5.97. The quantitative estimate of drug-likeness (QED) is 0.345. The molecule has 1 aromatic heterocycles. The van der Waals surface area contributed by atoms with Crippen LogP contribution in [0, 0.1) is 13.8 Å². The Morgan fingerprint density at radius 1 is 0.967 bits per heavy atom. The monoisotopic (exact) mass is 402 g/mol. The van der Waals surface area contributed by atoms with Crippen LogP contribution in [0.1, 0.15) is 28.9 Å². The number of para-hydroxylation sites is 1. The zero-order valence-corrected chi connectivity index (χ0v) is 17.3. The van der Waals surface area contributed by atoms with Crippen molar-refractivity contribution in [2.24, 2.45) is 5.10 Å². The lowest BCUT2D eigenvalue weighted by atomic mass is 10.1. The van der Waals surface area contributed by atoms with Crippen molar-refractivity contribution in [3.63, 3.8) is 0 Å². The fourth-order valence-electron chi connectivity index (χ4n) is 3.31. The fourth-order valence-corrected chi connectivity index (χ4v) is 3.31. The summed E-state index contributed by atoms with van der Waals surface area (Å²) in [7, 11) is 0. The summed E-state index contributed by atoms with van der Waals surface area (Å²) in [6, 6.07) is 21.9. The van der Waals surface area contributed by atoms with Crippen LogP contribution in [0.4, 0.5) is 0 Å². The highest BCUT2D eigenvalue weighted by Gasteiger charge is 2.10.